The normalized spacial score (nSPS) is 21.2. The van der Waals surface area contributed by atoms with Gasteiger partial charge in [0.2, 0.25) is 0 Å². The van der Waals surface area contributed by atoms with Crippen LogP contribution in [0.4, 0.5) is 4.79 Å². The number of hydrogen-bond donors (Lipinski definition) is 1. The third-order valence-electron chi connectivity index (χ3n) is 3.34. The molecular formula is C15H14N2O. The third-order valence-corrected chi connectivity index (χ3v) is 3.34. The minimum Gasteiger partial charge on any atom is -0.304 e. The fraction of sp³-hybridized carbons (Fsp3) is 0.200. The second kappa shape index (κ2) is 3.95. The lowest BCUT2D eigenvalue weighted by molar-refractivity contribution is 0.253. The molecule has 0 saturated heterocycles. The standard InChI is InChI=1S/C15H14N2O/c1-9-3-4-10(2)12(7-9)11-5-6-13-14(8-11)17-15(18)16-13/h3-8,11H,1-2H3,(H,17,18). The van der Waals surface area contributed by atoms with Gasteiger partial charge in [0.25, 0.3) is 0 Å². The van der Waals surface area contributed by atoms with Gasteiger partial charge in [-0.1, -0.05) is 29.8 Å². The van der Waals surface area contributed by atoms with Crippen molar-refractivity contribution < 1.29 is 4.79 Å². The first-order valence-corrected chi connectivity index (χ1v) is 6.01. The summed E-state index contributed by atoms with van der Waals surface area (Å²) in [4.78, 5) is 15.1. The van der Waals surface area contributed by atoms with Crippen LogP contribution in [-0.4, -0.2) is 11.7 Å². The average molecular weight is 238 g/mol. The lowest BCUT2D eigenvalue weighted by Crippen LogP contribution is -2.17. The lowest BCUT2D eigenvalue weighted by Gasteiger charge is -2.17. The van der Waals surface area contributed by atoms with Gasteiger partial charge in [0.1, 0.15) is 0 Å². The van der Waals surface area contributed by atoms with Crippen LogP contribution in [0.1, 0.15) is 22.6 Å². The molecule has 3 heteroatoms. The topological polar surface area (TPSA) is 41.5 Å². The molecule has 1 aliphatic heterocycles. The van der Waals surface area contributed by atoms with Crippen LogP contribution in [-0.2, 0) is 0 Å². The number of aryl methyl sites for hydroxylation is 2. The fourth-order valence-electron chi connectivity index (χ4n) is 2.37. The molecule has 0 fully saturated rings. The number of aliphatic imine (C=N–C) groups is 1. The summed E-state index contributed by atoms with van der Waals surface area (Å²) in [7, 11) is 0. The highest BCUT2D eigenvalue weighted by atomic mass is 16.2. The zero-order chi connectivity index (χ0) is 12.7. The Kier molecular flexibility index (Phi) is 2.40. The van der Waals surface area contributed by atoms with Crippen LogP contribution in [0.15, 0.2) is 47.1 Å². The van der Waals surface area contributed by atoms with E-state index in [-0.39, 0.29) is 11.9 Å². The highest BCUT2D eigenvalue weighted by Crippen LogP contribution is 2.28. The zero-order valence-electron chi connectivity index (χ0n) is 10.4. The largest absolute Gasteiger partial charge is 0.346 e. The Bertz CT molecular complexity index is 623. The van der Waals surface area contributed by atoms with E-state index in [0.29, 0.717) is 0 Å². The molecule has 1 aliphatic carbocycles. The number of fused-ring (bicyclic) bond motifs is 1. The van der Waals surface area contributed by atoms with Gasteiger partial charge in [-0.15, -0.1) is 0 Å². The van der Waals surface area contributed by atoms with Crippen molar-refractivity contribution in [2.24, 2.45) is 4.99 Å². The van der Waals surface area contributed by atoms with Crippen molar-refractivity contribution in [3.8, 4) is 0 Å². The van der Waals surface area contributed by atoms with Gasteiger partial charge >= 0.3 is 6.03 Å². The van der Waals surface area contributed by atoms with Crippen molar-refractivity contribution in [3.63, 3.8) is 0 Å². The molecule has 0 bridgehead atoms. The monoisotopic (exact) mass is 238 g/mol. The molecule has 0 aromatic heterocycles. The smallest absolute Gasteiger partial charge is 0.304 e. The molecule has 1 atom stereocenters. The van der Waals surface area contributed by atoms with Crippen molar-refractivity contribution >= 4 is 11.7 Å². The summed E-state index contributed by atoms with van der Waals surface area (Å²) in [6.45, 7) is 4.20. The molecule has 0 radical (unpaired) electrons. The quantitative estimate of drug-likeness (QED) is 0.802. The van der Waals surface area contributed by atoms with E-state index < -0.39 is 0 Å². The summed E-state index contributed by atoms with van der Waals surface area (Å²) >= 11 is 0. The van der Waals surface area contributed by atoms with E-state index in [1.165, 1.54) is 16.7 Å². The van der Waals surface area contributed by atoms with Gasteiger partial charge in [-0.05, 0) is 37.1 Å². The van der Waals surface area contributed by atoms with E-state index >= 15 is 0 Å². The summed E-state index contributed by atoms with van der Waals surface area (Å²) in [5.74, 6) is 0.206. The van der Waals surface area contributed by atoms with Crippen molar-refractivity contribution in [2.75, 3.05) is 0 Å². The Morgan fingerprint density at radius 3 is 2.94 bits per heavy atom. The van der Waals surface area contributed by atoms with Crippen molar-refractivity contribution in [1.82, 2.24) is 5.32 Å². The average Bonchev–Trinajstić information content (AvgIpc) is 2.71. The van der Waals surface area contributed by atoms with Gasteiger partial charge in [-0.25, -0.2) is 4.79 Å². The Labute approximate surface area is 106 Å². The molecule has 1 unspecified atom stereocenters. The molecule has 18 heavy (non-hydrogen) atoms. The number of nitrogens with one attached hydrogen (secondary N) is 1. The number of rotatable bonds is 1. The van der Waals surface area contributed by atoms with Crippen molar-refractivity contribution in [3.05, 3.63) is 58.8 Å². The molecule has 1 aromatic carbocycles. The van der Waals surface area contributed by atoms with E-state index in [4.69, 9.17) is 0 Å². The molecule has 0 saturated carbocycles. The molecule has 1 heterocycles. The van der Waals surface area contributed by atoms with E-state index in [1.807, 2.05) is 6.08 Å². The van der Waals surface area contributed by atoms with Crippen LogP contribution >= 0.6 is 0 Å². The minimum absolute atomic E-state index is 0.206. The predicted molar refractivity (Wildman–Crippen MR) is 71.8 cm³/mol. The number of nitrogens with zero attached hydrogens (tertiary/aromatic N) is 1. The number of amides is 2. The zero-order valence-corrected chi connectivity index (χ0v) is 10.4. The van der Waals surface area contributed by atoms with Gasteiger partial charge in [0.15, 0.2) is 0 Å². The van der Waals surface area contributed by atoms with Crippen LogP contribution in [0.3, 0.4) is 0 Å². The highest BCUT2D eigenvalue weighted by Gasteiger charge is 2.22. The van der Waals surface area contributed by atoms with Gasteiger partial charge in [-0.3, -0.25) is 0 Å². The second-order valence-corrected chi connectivity index (χ2v) is 4.75. The van der Waals surface area contributed by atoms with Crippen molar-refractivity contribution in [2.45, 2.75) is 19.8 Å². The van der Waals surface area contributed by atoms with E-state index in [0.717, 1.165) is 11.4 Å². The van der Waals surface area contributed by atoms with Gasteiger partial charge in [0.05, 0.1) is 11.4 Å². The van der Waals surface area contributed by atoms with Crippen LogP contribution in [0.25, 0.3) is 0 Å². The lowest BCUT2D eigenvalue weighted by atomic mass is 9.89. The van der Waals surface area contributed by atoms with E-state index in [9.17, 15) is 4.79 Å². The number of allylic oxidation sites excluding steroid dienone is 3. The molecular weight excluding hydrogens is 224 g/mol. The molecule has 2 amide bonds. The van der Waals surface area contributed by atoms with Crippen LogP contribution < -0.4 is 5.32 Å². The van der Waals surface area contributed by atoms with Crippen LogP contribution in [0.2, 0.25) is 0 Å². The number of carbonyl (C=O) groups is 1. The SMILES string of the molecule is Cc1ccc(C)c(C2C=CC3=NC(=O)NC3=C2)c1. The summed E-state index contributed by atoms with van der Waals surface area (Å²) < 4.78 is 0. The van der Waals surface area contributed by atoms with Crippen LogP contribution in [0, 0.1) is 13.8 Å². The van der Waals surface area contributed by atoms with Gasteiger partial charge in [-0.2, -0.15) is 4.99 Å². The Balaban J connectivity index is 2.01. The number of benzene rings is 1. The molecule has 90 valence electrons. The first-order valence-electron chi connectivity index (χ1n) is 6.01. The first kappa shape index (κ1) is 11.0. The maximum absolute atomic E-state index is 11.2. The summed E-state index contributed by atoms with van der Waals surface area (Å²) in [6, 6.07) is 6.17. The Morgan fingerprint density at radius 2 is 2.11 bits per heavy atom. The molecule has 2 aliphatic rings. The minimum atomic E-state index is -0.275. The number of urea groups is 1. The van der Waals surface area contributed by atoms with Crippen molar-refractivity contribution in [1.29, 1.82) is 0 Å². The maximum Gasteiger partial charge on any atom is 0.346 e. The van der Waals surface area contributed by atoms with Gasteiger partial charge in [0, 0.05) is 5.92 Å². The second-order valence-electron chi connectivity index (χ2n) is 4.75. The molecule has 3 nitrogen and oxygen atoms in total. The molecule has 3 rings (SSSR count). The summed E-state index contributed by atoms with van der Waals surface area (Å²) in [5.41, 5.74) is 5.35. The maximum atomic E-state index is 11.2. The molecule has 1 N–H and O–H groups in total. The highest BCUT2D eigenvalue weighted by molar-refractivity contribution is 6.19. The molecule has 1 aromatic rings. The molecule has 0 spiro atoms. The Morgan fingerprint density at radius 1 is 1.28 bits per heavy atom. The number of hydrogen-bond acceptors (Lipinski definition) is 1. The van der Waals surface area contributed by atoms with E-state index in [2.05, 4.69) is 54.5 Å². The van der Waals surface area contributed by atoms with E-state index in [1.54, 1.807) is 0 Å². The third kappa shape index (κ3) is 1.78. The predicted octanol–water partition coefficient (Wildman–Crippen LogP) is 3.00. The van der Waals surface area contributed by atoms with Gasteiger partial charge < -0.3 is 5.32 Å². The first-order chi connectivity index (χ1) is 8.63. The summed E-state index contributed by atoms with van der Waals surface area (Å²) in [6.07, 6.45) is 6.07. The number of carbonyl (C=O) groups excluding carboxylic acids is 1. The fourth-order valence-corrected chi connectivity index (χ4v) is 2.37. The summed E-state index contributed by atoms with van der Waals surface area (Å²) in [5, 5.41) is 2.76. The Hall–Kier alpha value is -2.16. The van der Waals surface area contributed by atoms with Crippen LogP contribution in [0.5, 0.6) is 0 Å².